The molecule has 0 aliphatic carbocycles. The number of hydrogen-bond donors (Lipinski definition) is 1. The Hall–Kier alpha value is -2.00. The van der Waals surface area contributed by atoms with Crippen molar-refractivity contribution < 1.29 is 8.83 Å². The fraction of sp³-hybridized carbons (Fsp3) is 0.143. The number of fused-ring (bicyclic) bond motifs is 2. The summed E-state index contributed by atoms with van der Waals surface area (Å²) in [6, 6.07) is 3.92. The SMILES string of the molecule is Cc1c2ccoc2c(/C=C/CN)c2ccoc12. The van der Waals surface area contributed by atoms with Gasteiger partial charge in [0.1, 0.15) is 11.2 Å². The molecule has 2 heterocycles. The maximum Gasteiger partial charge on any atom is 0.142 e. The minimum absolute atomic E-state index is 0.509. The first-order valence-corrected chi connectivity index (χ1v) is 5.56. The van der Waals surface area contributed by atoms with Crippen LogP contribution < -0.4 is 5.73 Å². The summed E-state index contributed by atoms with van der Waals surface area (Å²) < 4.78 is 11.1. The van der Waals surface area contributed by atoms with Crippen molar-refractivity contribution in [3.05, 3.63) is 41.9 Å². The molecule has 0 spiro atoms. The number of aryl methyl sites for hydroxylation is 1. The van der Waals surface area contributed by atoms with Gasteiger partial charge in [0, 0.05) is 28.4 Å². The summed E-state index contributed by atoms with van der Waals surface area (Å²) in [6.07, 6.45) is 7.31. The van der Waals surface area contributed by atoms with Gasteiger partial charge in [-0.2, -0.15) is 0 Å². The number of hydrogen-bond acceptors (Lipinski definition) is 3. The van der Waals surface area contributed by atoms with Crippen molar-refractivity contribution in [3.63, 3.8) is 0 Å². The molecule has 2 aromatic heterocycles. The van der Waals surface area contributed by atoms with Crippen LogP contribution in [0.25, 0.3) is 28.0 Å². The van der Waals surface area contributed by atoms with Crippen LogP contribution in [0.5, 0.6) is 0 Å². The first kappa shape index (κ1) is 10.2. The van der Waals surface area contributed by atoms with Gasteiger partial charge in [-0.15, -0.1) is 0 Å². The van der Waals surface area contributed by atoms with Crippen molar-refractivity contribution in [1.82, 2.24) is 0 Å². The minimum atomic E-state index is 0.509. The van der Waals surface area contributed by atoms with Crippen LogP contribution >= 0.6 is 0 Å². The summed E-state index contributed by atoms with van der Waals surface area (Å²) in [5.74, 6) is 0. The Morgan fingerprint density at radius 1 is 1.12 bits per heavy atom. The van der Waals surface area contributed by atoms with Gasteiger partial charge in [-0.25, -0.2) is 0 Å². The zero-order valence-electron chi connectivity index (χ0n) is 9.57. The van der Waals surface area contributed by atoms with E-state index < -0.39 is 0 Å². The Morgan fingerprint density at radius 2 is 1.82 bits per heavy atom. The first-order valence-electron chi connectivity index (χ1n) is 5.56. The van der Waals surface area contributed by atoms with Gasteiger partial charge in [0.05, 0.1) is 12.5 Å². The van der Waals surface area contributed by atoms with E-state index in [1.807, 2.05) is 31.2 Å². The quantitative estimate of drug-likeness (QED) is 0.729. The topological polar surface area (TPSA) is 52.3 Å². The Labute approximate surface area is 98.5 Å². The molecule has 0 aliphatic rings. The van der Waals surface area contributed by atoms with E-state index in [4.69, 9.17) is 14.6 Å². The van der Waals surface area contributed by atoms with Gasteiger partial charge in [0.2, 0.25) is 0 Å². The van der Waals surface area contributed by atoms with E-state index in [0.717, 1.165) is 33.1 Å². The highest BCUT2D eigenvalue weighted by Crippen LogP contribution is 2.34. The van der Waals surface area contributed by atoms with E-state index in [1.54, 1.807) is 12.5 Å². The van der Waals surface area contributed by atoms with Crippen LogP contribution in [0.1, 0.15) is 11.1 Å². The standard InChI is InChI=1S/C14H13NO2/c1-9-10-4-7-17-14(10)11(3-2-6-15)12-5-8-16-13(9)12/h2-5,7-8H,6,15H2,1H3/b3-2+. The molecule has 0 radical (unpaired) electrons. The molecule has 3 aromatic rings. The normalized spacial score (nSPS) is 12.1. The molecule has 1 aromatic carbocycles. The zero-order valence-corrected chi connectivity index (χ0v) is 9.57. The third-order valence-electron chi connectivity index (χ3n) is 3.03. The predicted molar refractivity (Wildman–Crippen MR) is 68.8 cm³/mol. The van der Waals surface area contributed by atoms with Crippen LogP contribution in [0, 0.1) is 6.92 Å². The van der Waals surface area contributed by atoms with E-state index in [1.165, 1.54) is 0 Å². The predicted octanol–water partition coefficient (Wildman–Crippen LogP) is 3.46. The third-order valence-corrected chi connectivity index (χ3v) is 3.03. The van der Waals surface area contributed by atoms with Crippen LogP contribution in [0.15, 0.2) is 39.6 Å². The van der Waals surface area contributed by atoms with E-state index >= 15 is 0 Å². The molecule has 0 aliphatic heterocycles. The molecular formula is C14H13NO2. The number of benzene rings is 1. The van der Waals surface area contributed by atoms with Gasteiger partial charge < -0.3 is 14.6 Å². The lowest BCUT2D eigenvalue weighted by Gasteiger charge is -2.02. The Morgan fingerprint density at radius 3 is 2.59 bits per heavy atom. The second kappa shape index (κ2) is 3.79. The lowest BCUT2D eigenvalue weighted by atomic mass is 10.0. The summed E-state index contributed by atoms with van der Waals surface area (Å²) in [5, 5.41) is 2.15. The molecule has 0 saturated carbocycles. The molecule has 2 N–H and O–H groups in total. The molecule has 0 amide bonds. The van der Waals surface area contributed by atoms with Crippen LogP contribution in [0.4, 0.5) is 0 Å². The van der Waals surface area contributed by atoms with Crippen molar-refractivity contribution >= 4 is 28.0 Å². The average Bonchev–Trinajstić information content (AvgIpc) is 2.97. The summed E-state index contributed by atoms with van der Waals surface area (Å²) in [6.45, 7) is 2.55. The summed E-state index contributed by atoms with van der Waals surface area (Å²) in [5.41, 5.74) is 9.45. The summed E-state index contributed by atoms with van der Waals surface area (Å²) >= 11 is 0. The monoisotopic (exact) mass is 227 g/mol. The first-order chi connectivity index (χ1) is 8.33. The van der Waals surface area contributed by atoms with Crippen molar-refractivity contribution in [3.8, 4) is 0 Å². The molecule has 0 fully saturated rings. The molecule has 0 atom stereocenters. The van der Waals surface area contributed by atoms with Gasteiger partial charge in [-0.3, -0.25) is 0 Å². The summed E-state index contributed by atoms with van der Waals surface area (Å²) in [4.78, 5) is 0. The molecule has 0 bridgehead atoms. The van der Waals surface area contributed by atoms with E-state index in [0.29, 0.717) is 6.54 Å². The molecule has 86 valence electrons. The summed E-state index contributed by atoms with van der Waals surface area (Å²) in [7, 11) is 0. The van der Waals surface area contributed by atoms with Gasteiger partial charge in [-0.05, 0) is 19.1 Å². The highest BCUT2D eigenvalue weighted by Gasteiger charge is 2.14. The largest absolute Gasteiger partial charge is 0.464 e. The zero-order chi connectivity index (χ0) is 11.8. The highest BCUT2D eigenvalue weighted by atomic mass is 16.3. The maximum atomic E-state index is 5.57. The van der Waals surface area contributed by atoms with Crippen molar-refractivity contribution in [2.24, 2.45) is 5.73 Å². The fourth-order valence-electron chi connectivity index (χ4n) is 2.22. The smallest absolute Gasteiger partial charge is 0.142 e. The van der Waals surface area contributed by atoms with E-state index in [2.05, 4.69) is 0 Å². The van der Waals surface area contributed by atoms with E-state index in [9.17, 15) is 0 Å². The molecule has 0 saturated heterocycles. The van der Waals surface area contributed by atoms with Crippen molar-refractivity contribution in [1.29, 1.82) is 0 Å². The van der Waals surface area contributed by atoms with E-state index in [-0.39, 0.29) is 0 Å². The van der Waals surface area contributed by atoms with Gasteiger partial charge >= 0.3 is 0 Å². The Bertz CT molecular complexity index is 652. The van der Waals surface area contributed by atoms with Gasteiger partial charge in [-0.1, -0.05) is 12.2 Å². The lowest BCUT2D eigenvalue weighted by molar-refractivity contribution is 0.610. The van der Waals surface area contributed by atoms with Crippen molar-refractivity contribution in [2.45, 2.75) is 6.92 Å². The fourth-order valence-corrected chi connectivity index (χ4v) is 2.22. The van der Waals surface area contributed by atoms with Crippen LogP contribution in [-0.2, 0) is 0 Å². The number of rotatable bonds is 2. The molecular weight excluding hydrogens is 214 g/mol. The molecule has 0 unspecified atom stereocenters. The third kappa shape index (κ3) is 1.40. The molecule has 3 heteroatoms. The Balaban J connectivity index is 2.48. The van der Waals surface area contributed by atoms with Crippen LogP contribution in [-0.4, -0.2) is 6.54 Å². The minimum Gasteiger partial charge on any atom is -0.464 e. The number of nitrogens with two attached hydrogens (primary N) is 1. The number of furan rings is 2. The van der Waals surface area contributed by atoms with Gasteiger partial charge in [0.15, 0.2) is 0 Å². The molecule has 17 heavy (non-hydrogen) atoms. The van der Waals surface area contributed by atoms with Crippen LogP contribution in [0.2, 0.25) is 0 Å². The second-order valence-corrected chi connectivity index (χ2v) is 4.00. The Kier molecular flexibility index (Phi) is 2.27. The maximum absolute atomic E-state index is 5.57. The van der Waals surface area contributed by atoms with Crippen molar-refractivity contribution in [2.75, 3.05) is 6.54 Å². The lowest BCUT2D eigenvalue weighted by Crippen LogP contribution is -1.92. The highest BCUT2D eigenvalue weighted by molar-refractivity contribution is 6.05. The molecule has 3 rings (SSSR count). The second-order valence-electron chi connectivity index (χ2n) is 4.00. The molecule has 3 nitrogen and oxygen atoms in total. The average molecular weight is 227 g/mol. The van der Waals surface area contributed by atoms with Gasteiger partial charge in [0.25, 0.3) is 0 Å². The van der Waals surface area contributed by atoms with Crippen LogP contribution in [0.3, 0.4) is 0 Å².